The van der Waals surface area contributed by atoms with Gasteiger partial charge in [0.15, 0.2) is 0 Å². The molecule has 2 aromatic heterocycles. The number of carbonyl (C=O) groups is 1. The molecule has 0 atom stereocenters. The Labute approximate surface area is 149 Å². The van der Waals surface area contributed by atoms with Gasteiger partial charge in [-0.2, -0.15) is 11.3 Å². The molecule has 0 saturated carbocycles. The first-order valence-corrected chi connectivity index (χ1v) is 8.59. The molecular weight excluding hydrogens is 336 g/mol. The van der Waals surface area contributed by atoms with Crippen LogP contribution in [-0.4, -0.2) is 21.4 Å². The second-order valence-corrected chi connectivity index (χ2v) is 6.96. The van der Waals surface area contributed by atoms with Crippen LogP contribution >= 0.6 is 11.3 Å². The first-order valence-electron chi connectivity index (χ1n) is 7.64. The van der Waals surface area contributed by atoms with Gasteiger partial charge in [0, 0.05) is 11.1 Å². The van der Waals surface area contributed by atoms with E-state index < -0.39 is 11.6 Å². The first-order chi connectivity index (χ1) is 11.9. The van der Waals surface area contributed by atoms with Gasteiger partial charge in [-0.05, 0) is 47.9 Å². The lowest BCUT2D eigenvalue weighted by molar-refractivity contribution is 0.182. The number of rotatable bonds is 4. The normalized spacial score (nSPS) is 11.3. The lowest BCUT2D eigenvalue weighted by Crippen LogP contribution is -2.39. The van der Waals surface area contributed by atoms with Crippen LogP contribution in [0.15, 0.2) is 47.2 Å². The van der Waals surface area contributed by atoms with E-state index in [0.29, 0.717) is 5.82 Å². The maximum Gasteiger partial charge on any atom is 0.405 e. The molecule has 0 radical (unpaired) electrons. The predicted molar refractivity (Wildman–Crippen MR) is 99.4 cm³/mol. The smallest absolute Gasteiger partial charge is 0.405 e. The molecule has 0 aliphatic heterocycles. The van der Waals surface area contributed by atoms with Crippen molar-refractivity contribution in [2.75, 3.05) is 5.73 Å². The van der Waals surface area contributed by atoms with E-state index in [9.17, 15) is 4.79 Å². The fraction of sp³-hybridized carbons (Fsp3) is 0.167. The van der Waals surface area contributed by atoms with E-state index in [1.807, 2.05) is 61.0 Å². The number of anilines is 1. The third-order valence-electron chi connectivity index (χ3n) is 3.94. The standard InChI is InChI=1S/C18H18N4O2S/c1-18(2,20-17(23)24)13-5-3-11(4-6-13)16-14(9-15(19)21-22-16)12-7-8-25-10-12/h3-10,20H,1-2H3,(H2,19,21)(H,23,24). The number of nitrogens with one attached hydrogen (secondary N) is 1. The van der Waals surface area contributed by atoms with Crippen molar-refractivity contribution in [3.05, 3.63) is 52.7 Å². The van der Waals surface area contributed by atoms with E-state index in [4.69, 9.17) is 10.8 Å². The molecule has 0 unspecified atom stereocenters. The molecule has 6 nitrogen and oxygen atoms in total. The van der Waals surface area contributed by atoms with E-state index in [1.54, 1.807) is 11.3 Å². The molecule has 4 N–H and O–H groups in total. The summed E-state index contributed by atoms with van der Waals surface area (Å²) in [5.41, 5.74) is 9.57. The molecule has 1 amide bonds. The number of benzene rings is 1. The Kier molecular flexibility index (Phi) is 4.41. The second-order valence-electron chi connectivity index (χ2n) is 6.18. The average Bonchev–Trinajstić information content (AvgIpc) is 3.08. The molecule has 1 aromatic carbocycles. The molecule has 0 bridgehead atoms. The average molecular weight is 354 g/mol. The largest absolute Gasteiger partial charge is 0.465 e. The number of nitrogens with zero attached hydrogens (tertiary/aromatic N) is 2. The van der Waals surface area contributed by atoms with Gasteiger partial charge in [-0.15, -0.1) is 10.2 Å². The number of nitrogens with two attached hydrogens (primary N) is 1. The van der Waals surface area contributed by atoms with E-state index >= 15 is 0 Å². The number of thiophene rings is 1. The second kappa shape index (κ2) is 6.52. The lowest BCUT2D eigenvalue weighted by atomic mass is 9.92. The Hall–Kier alpha value is -2.93. The Bertz CT molecular complexity index is 890. The highest BCUT2D eigenvalue weighted by Gasteiger charge is 2.22. The summed E-state index contributed by atoms with van der Waals surface area (Å²) in [7, 11) is 0. The van der Waals surface area contributed by atoms with Crippen LogP contribution in [0, 0.1) is 0 Å². The topological polar surface area (TPSA) is 101 Å². The van der Waals surface area contributed by atoms with Crippen molar-refractivity contribution < 1.29 is 9.90 Å². The summed E-state index contributed by atoms with van der Waals surface area (Å²) in [6, 6.07) is 11.4. The SMILES string of the molecule is CC(C)(NC(=O)O)c1ccc(-c2nnc(N)cc2-c2ccsc2)cc1. The zero-order chi connectivity index (χ0) is 18.0. The molecule has 7 heteroatoms. The van der Waals surface area contributed by atoms with Gasteiger partial charge in [-0.3, -0.25) is 0 Å². The summed E-state index contributed by atoms with van der Waals surface area (Å²) in [4.78, 5) is 10.9. The highest BCUT2D eigenvalue weighted by Crippen LogP contribution is 2.33. The summed E-state index contributed by atoms with van der Waals surface area (Å²) in [6.07, 6.45) is -1.06. The fourth-order valence-electron chi connectivity index (χ4n) is 2.64. The lowest BCUT2D eigenvalue weighted by Gasteiger charge is -2.25. The van der Waals surface area contributed by atoms with Crippen molar-refractivity contribution in [2.24, 2.45) is 0 Å². The van der Waals surface area contributed by atoms with Gasteiger partial charge < -0.3 is 16.2 Å². The third kappa shape index (κ3) is 3.61. The number of hydrogen-bond donors (Lipinski definition) is 3. The predicted octanol–water partition coefficient (Wildman–Crippen LogP) is 3.96. The summed E-state index contributed by atoms with van der Waals surface area (Å²) in [6.45, 7) is 3.63. The molecule has 0 spiro atoms. The van der Waals surface area contributed by atoms with Crippen molar-refractivity contribution >= 4 is 23.2 Å². The fourth-order valence-corrected chi connectivity index (χ4v) is 3.30. The number of aromatic nitrogens is 2. The highest BCUT2D eigenvalue weighted by molar-refractivity contribution is 7.08. The summed E-state index contributed by atoms with van der Waals surface area (Å²) >= 11 is 1.60. The molecule has 2 heterocycles. The minimum Gasteiger partial charge on any atom is -0.465 e. The van der Waals surface area contributed by atoms with Gasteiger partial charge in [0.25, 0.3) is 0 Å². The summed E-state index contributed by atoms with van der Waals surface area (Å²) in [5.74, 6) is 0.369. The molecule has 0 aliphatic rings. The van der Waals surface area contributed by atoms with E-state index in [0.717, 1.165) is 27.9 Å². The molecule has 0 saturated heterocycles. The van der Waals surface area contributed by atoms with Crippen molar-refractivity contribution in [1.82, 2.24) is 15.5 Å². The van der Waals surface area contributed by atoms with Gasteiger partial charge >= 0.3 is 6.09 Å². The quantitative estimate of drug-likeness (QED) is 0.658. The molecular formula is C18H18N4O2S. The van der Waals surface area contributed by atoms with Crippen LogP contribution in [0.25, 0.3) is 22.4 Å². The van der Waals surface area contributed by atoms with Crippen LogP contribution in [0.2, 0.25) is 0 Å². The minimum absolute atomic E-state index is 0.369. The number of hydrogen-bond acceptors (Lipinski definition) is 5. The molecule has 3 aromatic rings. The number of carboxylic acid groups (broad SMARTS) is 1. The van der Waals surface area contributed by atoms with Crippen LogP contribution in [0.3, 0.4) is 0 Å². The maximum absolute atomic E-state index is 10.9. The van der Waals surface area contributed by atoms with Gasteiger partial charge in [-0.25, -0.2) is 4.79 Å². The molecule has 0 aliphatic carbocycles. The van der Waals surface area contributed by atoms with Gasteiger partial charge in [0.2, 0.25) is 0 Å². The van der Waals surface area contributed by atoms with Crippen molar-refractivity contribution in [3.8, 4) is 22.4 Å². The van der Waals surface area contributed by atoms with Crippen LogP contribution in [0.5, 0.6) is 0 Å². The monoisotopic (exact) mass is 354 g/mol. The molecule has 128 valence electrons. The molecule has 25 heavy (non-hydrogen) atoms. The Morgan fingerprint density at radius 3 is 2.48 bits per heavy atom. The van der Waals surface area contributed by atoms with Gasteiger partial charge in [0.05, 0.1) is 5.54 Å². The summed E-state index contributed by atoms with van der Waals surface area (Å²) in [5, 5.41) is 23.8. The minimum atomic E-state index is -1.06. The third-order valence-corrected chi connectivity index (χ3v) is 4.63. The number of amides is 1. The van der Waals surface area contributed by atoms with Crippen molar-refractivity contribution in [3.63, 3.8) is 0 Å². The van der Waals surface area contributed by atoms with Crippen molar-refractivity contribution in [1.29, 1.82) is 0 Å². The summed E-state index contributed by atoms with van der Waals surface area (Å²) < 4.78 is 0. The van der Waals surface area contributed by atoms with Crippen LogP contribution in [0.1, 0.15) is 19.4 Å². The van der Waals surface area contributed by atoms with E-state index in [-0.39, 0.29) is 0 Å². The van der Waals surface area contributed by atoms with Crippen LogP contribution in [0.4, 0.5) is 10.6 Å². The Morgan fingerprint density at radius 1 is 1.16 bits per heavy atom. The van der Waals surface area contributed by atoms with E-state index in [2.05, 4.69) is 15.5 Å². The van der Waals surface area contributed by atoms with Crippen LogP contribution < -0.4 is 11.1 Å². The maximum atomic E-state index is 10.9. The Balaban J connectivity index is 2.00. The van der Waals surface area contributed by atoms with Crippen LogP contribution in [-0.2, 0) is 5.54 Å². The van der Waals surface area contributed by atoms with Gasteiger partial charge in [-0.1, -0.05) is 24.3 Å². The molecule has 0 fully saturated rings. The van der Waals surface area contributed by atoms with Gasteiger partial charge in [0.1, 0.15) is 11.5 Å². The number of nitrogen functional groups attached to an aromatic ring is 1. The molecule has 3 rings (SSSR count). The van der Waals surface area contributed by atoms with Crippen molar-refractivity contribution in [2.45, 2.75) is 19.4 Å². The Morgan fingerprint density at radius 2 is 1.88 bits per heavy atom. The first kappa shape index (κ1) is 16.9. The highest BCUT2D eigenvalue weighted by atomic mass is 32.1. The van der Waals surface area contributed by atoms with E-state index in [1.165, 1.54) is 0 Å². The zero-order valence-electron chi connectivity index (χ0n) is 13.9. The zero-order valence-corrected chi connectivity index (χ0v) is 14.7.